The minimum Gasteiger partial charge on any atom is -0.497 e. The zero-order valence-electron chi connectivity index (χ0n) is 15.6. The summed E-state index contributed by atoms with van der Waals surface area (Å²) < 4.78 is 5.12. The molecular formula is C21H25N3O3. The molecule has 2 aromatic carbocycles. The van der Waals surface area contributed by atoms with Crippen LogP contribution >= 0.6 is 0 Å². The number of amides is 2. The molecule has 2 aromatic rings. The van der Waals surface area contributed by atoms with Crippen LogP contribution in [0.5, 0.6) is 5.75 Å². The molecule has 1 fully saturated rings. The summed E-state index contributed by atoms with van der Waals surface area (Å²) in [6.07, 6.45) is 0. The maximum absolute atomic E-state index is 12.6. The number of methoxy groups -OCH3 is 1. The number of hydrogen-bond acceptors (Lipinski definition) is 4. The molecular weight excluding hydrogens is 342 g/mol. The zero-order valence-corrected chi connectivity index (χ0v) is 15.6. The number of nitrogens with one attached hydrogen (secondary N) is 1. The number of carbonyl (C=O) groups is 2. The van der Waals surface area contributed by atoms with Crippen LogP contribution in [0.2, 0.25) is 0 Å². The normalized spacial score (nSPS) is 14.6. The Kier molecular flexibility index (Phi) is 6.44. The van der Waals surface area contributed by atoms with Crippen LogP contribution in [-0.2, 0) is 11.3 Å². The van der Waals surface area contributed by atoms with Gasteiger partial charge in [-0.3, -0.25) is 14.5 Å². The maximum Gasteiger partial charge on any atom is 0.253 e. The highest BCUT2D eigenvalue weighted by Crippen LogP contribution is 2.14. The van der Waals surface area contributed by atoms with E-state index in [0.717, 1.165) is 11.3 Å². The third-order valence-electron chi connectivity index (χ3n) is 4.70. The van der Waals surface area contributed by atoms with E-state index in [-0.39, 0.29) is 11.8 Å². The number of carbonyl (C=O) groups excluding carboxylic acids is 2. The van der Waals surface area contributed by atoms with Crippen molar-refractivity contribution in [3.63, 3.8) is 0 Å². The SMILES string of the molecule is COc1ccc(C(=O)N2CCN(CC(=O)NCc3ccccc3)CC2)cc1. The first-order valence-corrected chi connectivity index (χ1v) is 9.12. The molecule has 1 aliphatic rings. The van der Waals surface area contributed by atoms with E-state index in [9.17, 15) is 9.59 Å². The number of ether oxygens (including phenoxy) is 1. The van der Waals surface area contributed by atoms with Crippen molar-refractivity contribution >= 4 is 11.8 Å². The fourth-order valence-corrected chi connectivity index (χ4v) is 3.08. The van der Waals surface area contributed by atoms with Gasteiger partial charge in [0.05, 0.1) is 13.7 Å². The maximum atomic E-state index is 12.6. The van der Waals surface area contributed by atoms with Gasteiger partial charge in [-0.1, -0.05) is 30.3 Å². The molecule has 27 heavy (non-hydrogen) atoms. The van der Waals surface area contributed by atoms with Gasteiger partial charge < -0.3 is 15.0 Å². The molecule has 3 rings (SSSR count). The predicted octanol–water partition coefficient (Wildman–Crippen LogP) is 1.77. The van der Waals surface area contributed by atoms with Crippen LogP contribution in [0.15, 0.2) is 54.6 Å². The van der Waals surface area contributed by atoms with E-state index >= 15 is 0 Å². The molecule has 0 radical (unpaired) electrons. The average molecular weight is 367 g/mol. The predicted molar refractivity (Wildman–Crippen MR) is 104 cm³/mol. The molecule has 1 aliphatic heterocycles. The molecule has 1 heterocycles. The van der Waals surface area contributed by atoms with E-state index < -0.39 is 0 Å². The van der Waals surface area contributed by atoms with Gasteiger partial charge in [-0.25, -0.2) is 0 Å². The summed E-state index contributed by atoms with van der Waals surface area (Å²) in [5.41, 5.74) is 1.74. The standard InChI is InChI=1S/C21H25N3O3/c1-27-19-9-7-18(8-10-19)21(26)24-13-11-23(12-14-24)16-20(25)22-15-17-5-3-2-4-6-17/h2-10H,11-16H2,1H3,(H,22,25). The van der Waals surface area contributed by atoms with E-state index in [2.05, 4.69) is 10.2 Å². The molecule has 0 unspecified atom stereocenters. The lowest BCUT2D eigenvalue weighted by Gasteiger charge is -2.34. The lowest BCUT2D eigenvalue weighted by atomic mass is 10.1. The van der Waals surface area contributed by atoms with Crippen molar-refractivity contribution in [2.75, 3.05) is 39.8 Å². The Morgan fingerprint density at radius 2 is 1.63 bits per heavy atom. The highest BCUT2D eigenvalue weighted by Gasteiger charge is 2.23. The smallest absolute Gasteiger partial charge is 0.253 e. The Hall–Kier alpha value is -2.86. The number of rotatable bonds is 6. The number of benzene rings is 2. The first kappa shape index (κ1) is 18.9. The number of nitrogens with zero attached hydrogens (tertiary/aromatic N) is 2. The van der Waals surface area contributed by atoms with Gasteiger partial charge in [0.15, 0.2) is 0 Å². The largest absolute Gasteiger partial charge is 0.497 e. The van der Waals surface area contributed by atoms with Crippen LogP contribution in [0.3, 0.4) is 0 Å². The molecule has 1 saturated heterocycles. The molecule has 1 N–H and O–H groups in total. The van der Waals surface area contributed by atoms with Gasteiger partial charge >= 0.3 is 0 Å². The second kappa shape index (κ2) is 9.19. The van der Waals surface area contributed by atoms with Gasteiger partial charge in [0.25, 0.3) is 5.91 Å². The van der Waals surface area contributed by atoms with Gasteiger partial charge in [0, 0.05) is 38.3 Å². The van der Waals surface area contributed by atoms with Crippen molar-refractivity contribution in [3.8, 4) is 5.75 Å². The second-order valence-corrected chi connectivity index (χ2v) is 6.56. The molecule has 0 atom stereocenters. The molecule has 0 aliphatic carbocycles. The summed E-state index contributed by atoms with van der Waals surface area (Å²) in [5, 5.41) is 2.94. The van der Waals surface area contributed by atoms with E-state index in [1.165, 1.54) is 0 Å². The highest BCUT2D eigenvalue weighted by molar-refractivity contribution is 5.94. The van der Waals surface area contributed by atoms with Crippen LogP contribution in [0.4, 0.5) is 0 Å². The summed E-state index contributed by atoms with van der Waals surface area (Å²) in [7, 11) is 1.60. The van der Waals surface area contributed by atoms with Crippen LogP contribution in [0, 0.1) is 0 Å². The van der Waals surface area contributed by atoms with Crippen molar-refractivity contribution < 1.29 is 14.3 Å². The second-order valence-electron chi connectivity index (χ2n) is 6.56. The van der Waals surface area contributed by atoms with Crippen LogP contribution < -0.4 is 10.1 Å². The first-order chi connectivity index (χ1) is 13.2. The lowest BCUT2D eigenvalue weighted by molar-refractivity contribution is -0.122. The van der Waals surface area contributed by atoms with Crippen LogP contribution in [-0.4, -0.2) is 61.4 Å². The highest BCUT2D eigenvalue weighted by atomic mass is 16.5. The average Bonchev–Trinajstić information content (AvgIpc) is 2.73. The van der Waals surface area contributed by atoms with E-state index in [1.807, 2.05) is 35.2 Å². The van der Waals surface area contributed by atoms with E-state index in [0.29, 0.717) is 44.8 Å². The Labute approximate surface area is 159 Å². The Morgan fingerprint density at radius 3 is 2.26 bits per heavy atom. The third-order valence-corrected chi connectivity index (χ3v) is 4.70. The fraction of sp³-hybridized carbons (Fsp3) is 0.333. The Balaban J connectivity index is 1.42. The Morgan fingerprint density at radius 1 is 0.963 bits per heavy atom. The van der Waals surface area contributed by atoms with Gasteiger partial charge in [0.1, 0.15) is 5.75 Å². The molecule has 0 aromatic heterocycles. The van der Waals surface area contributed by atoms with Gasteiger partial charge in [-0.05, 0) is 29.8 Å². The molecule has 142 valence electrons. The monoisotopic (exact) mass is 367 g/mol. The molecule has 0 saturated carbocycles. The zero-order chi connectivity index (χ0) is 19.1. The quantitative estimate of drug-likeness (QED) is 0.845. The van der Waals surface area contributed by atoms with Crippen molar-refractivity contribution in [1.29, 1.82) is 0 Å². The summed E-state index contributed by atoms with van der Waals surface area (Å²) in [6, 6.07) is 17.0. The molecule has 0 bridgehead atoms. The summed E-state index contributed by atoms with van der Waals surface area (Å²) in [5.74, 6) is 0.762. The first-order valence-electron chi connectivity index (χ1n) is 9.12. The minimum atomic E-state index is 0.00813. The lowest BCUT2D eigenvalue weighted by Crippen LogP contribution is -2.51. The molecule has 6 nitrogen and oxygen atoms in total. The fourth-order valence-electron chi connectivity index (χ4n) is 3.08. The van der Waals surface area contributed by atoms with Crippen molar-refractivity contribution in [2.24, 2.45) is 0 Å². The third kappa shape index (κ3) is 5.31. The minimum absolute atomic E-state index is 0.00813. The van der Waals surface area contributed by atoms with E-state index in [1.54, 1.807) is 31.4 Å². The molecule has 6 heteroatoms. The van der Waals surface area contributed by atoms with E-state index in [4.69, 9.17) is 4.74 Å². The summed E-state index contributed by atoms with van der Waals surface area (Å²) in [4.78, 5) is 28.6. The van der Waals surface area contributed by atoms with Gasteiger partial charge in [0.2, 0.25) is 5.91 Å². The molecule has 2 amide bonds. The summed E-state index contributed by atoms with van der Waals surface area (Å²) in [6.45, 7) is 3.53. The van der Waals surface area contributed by atoms with Crippen LogP contribution in [0.25, 0.3) is 0 Å². The van der Waals surface area contributed by atoms with Gasteiger partial charge in [-0.2, -0.15) is 0 Å². The number of hydrogen-bond donors (Lipinski definition) is 1. The van der Waals surface area contributed by atoms with Crippen LogP contribution in [0.1, 0.15) is 15.9 Å². The topological polar surface area (TPSA) is 61.9 Å². The molecule has 0 spiro atoms. The number of piperazine rings is 1. The van der Waals surface area contributed by atoms with Crippen molar-refractivity contribution in [1.82, 2.24) is 15.1 Å². The van der Waals surface area contributed by atoms with Crippen molar-refractivity contribution in [2.45, 2.75) is 6.54 Å². The summed E-state index contributed by atoms with van der Waals surface area (Å²) >= 11 is 0. The Bertz CT molecular complexity index is 754. The van der Waals surface area contributed by atoms with Crippen molar-refractivity contribution in [3.05, 3.63) is 65.7 Å². The van der Waals surface area contributed by atoms with Gasteiger partial charge in [-0.15, -0.1) is 0 Å².